The Morgan fingerprint density at radius 3 is 2.50 bits per heavy atom. The molecule has 30 heavy (non-hydrogen) atoms. The van der Waals surface area contributed by atoms with Crippen molar-refractivity contribution in [2.45, 2.75) is 36.3 Å². The number of nitrogens with zero attached hydrogens (tertiary/aromatic N) is 1. The van der Waals surface area contributed by atoms with Gasteiger partial charge in [-0.05, 0) is 30.7 Å². The summed E-state index contributed by atoms with van der Waals surface area (Å²) < 4.78 is 0. The zero-order chi connectivity index (χ0) is 20.9. The first-order valence-electron chi connectivity index (χ1n) is 10.9. The molecule has 0 aliphatic carbocycles. The van der Waals surface area contributed by atoms with E-state index < -0.39 is 0 Å². The number of nitrogens with one attached hydrogen (secondary N) is 2. The average Bonchev–Trinajstić information content (AvgIpc) is 2.93. The number of thioether (sulfide) groups is 1. The van der Waals surface area contributed by atoms with Crippen LogP contribution in [0.15, 0.2) is 59.5 Å². The van der Waals surface area contributed by atoms with Gasteiger partial charge in [-0.1, -0.05) is 37.3 Å². The second-order valence-corrected chi connectivity index (χ2v) is 9.77. The molecule has 1 atom stereocenters. The highest BCUT2D eigenvalue weighted by Crippen LogP contribution is 2.37. The molecule has 158 valence electrons. The van der Waals surface area contributed by atoms with Gasteiger partial charge in [0.25, 0.3) is 5.91 Å². The van der Waals surface area contributed by atoms with Crippen LogP contribution in [0.25, 0.3) is 0 Å². The number of carbonyl (C=O) groups is 2. The van der Waals surface area contributed by atoms with E-state index in [2.05, 4.69) is 24.4 Å². The number of rotatable bonds is 4. The summed E-state index contributed by atoms with van der Waals surface area (Å²) in [5, 5.41) is 3.52. The Hall–Kier alpha value is -2.31. The van der Waals surface area contributed by atoms with Crippen LogP contribution < -0.4 is 15.1 Å². The molecular weight excluding hydrogens is 394 g/mol. The number of hydrogen-bond donors (Lipinski definition) is 2. The molecule has 2 aliphatic heterocycles. The van der Waals surface area contributed by atoms with Gasteiger partial charge in [0.05, 0.1) is 18.8 Å². The summed E-state index contributed by atoms with van der Waals surface area (Å²) in [6.07, 6.45) is 2.65. The van der Waals surface area contributed by atoms with Gasteiger partial charge in [0, 0.05) is 41.1 Å². The Bertz CT molecular complexity index is 881. The Morgan fingerprint density at radius 2 is 1.73 bits per heavy atom. The van der Waals surface area contributed by atoms with E-state index >= 15 is 0 Å². The normalized spacial score (nSPS) is 23.9. The van der Waals surface area contributed by atoms with Gasteiger partial charge in [0.15, 0.2) is 6.54 Å². The van der Waals surface area contributed by atoms with E-state index in [9.17, 15) is 9.59 Å². The Kier molecular flexibility index (Phi) is 6.75. The van der Waals surface area contributed by atoms with Crippen LogP contribution in [0.3, 0.4) is 0 Å². The quantitative estimate of drug-likeness (QED) is 0.794. The van der Waals surface area contributed by atoms with Gasteiger partial charge in [-0.15, -0.1) is 11.8 Å². The number of amides is 2. The number of piperidine rings is 1. The Morgan fingerprint density at radius 1 is 1.03 bits per heavy atom. The van der Waals surface area contributed by atoms with E-state index in [1.165, 1.54) is 9.80 Å². The van der Waals surface area contributed by atoms with Crippen LogP contribution in [-0.2, 0) is 9.59 Å². The van der Waals surface area contributed by atoms with Crippen LogP contribution in [0.1, 0.15) is 26.2 Å². The number of benzene rings is 2. The highest BCUT2D eigenvalue weighted by Gasteiger charge is 2.31. The van der Waals surface area contributed by atoms with Crippen molar-refractivity contribution in [1.29, 1.82) is 0 Å². The minimum Gasteiger partial charge on any atom is -0.327 e. The fourth-order valence-electron chi connectivity index (χ4n) is 4.29. The number of para-hydroxylation sites is 2. The van der Waals surface area contributed by atoms with Crippen LogP contribution in [0, 0.1) is 5.92 Å². The van der Waals surface area contributed by atoms with Gasteiger partial charge in [0.1, 0.15) is 0 Å². The van der Waals surface area contributed by atoms with E-state index in [4.69, 9.17) is 0 Å². The van der Waals surface area contributed by atoms with E-state index in [0.29, 0.717) is 11.8 Å². The topological polar surface area (TPSA) is 53.9 Å². The Balaban J connectivity index is 1.32. The van der Waals surface area contributed by atoms with Gasteiger partial charge < -0.3 is 15.1 Å². The lowest BCUT2D eigenvalue weighted by atomic mass is 9.95. The van der Waals surface area contributed by atoms with Gasteiger partial charge in [-0.25, -0.2) is 0 Å². The first-order valence-corrected chi connectivity index (χ1v) is 11.7. The molecule has 1 fully saturated rings. The van der Waals surface area contributed by atoms with Crippen LogP contribution in [0.2, 0.25) is 0 Å². The highest BCUT2D eigenvalue weighted by atomic mass is 32.2. The second kappa shape index (κ2) is 9.67. The molecule has 5 nitrogen and oxygen atoms in total. The summed E-state index contributed by atoms with van der Waals surface area (Å²) in [5.41, 5.74) is 1.90. The predicted octanol–water partition coefficient (Wildman–Crippen LogP) is 2.84. The molecule has 0 unspecified atom stereocenters. The van der Waals surface area contributed by atoms with Crippen LogP contribution >= 0.6 is 11.8 Å². The van der Waals surface area contributed by atoms with E-state index in [1.807, 2.05) is 59.1 Å². The largest absolute Gasteiger partial charge is 0.327 e. The number of anilines is 2. The van der Waals surface area contributed by atoms with Crippen molar-refractivity contribution in [1.82, 2.24) is 0 Å². The molecule has 1 saturated heterocycles. The minimum absolute atomic E-state index is 0.0280. The molecule has 2 aromatic rings. The fourth-order valence-corrected chi connectivity index (χ4v) is 5.40. The average molecular weight is 425 g/mol. The van der Waals surface area contributed by atoms with Crippen molar-refractivity contribution in [3.8, 4) is 0 Å². The summed E-state index contributed by atoms with van der Waals surface area (Å²) in [4.78, 5) is 30.2. The third kappa shape index (κ3) is 5.05. The third-order valence-electron chi connectivity index (χ3n) is 6.05. The zero-order valence-electron chi connectivity index (χ0n) is 17.5. The lowest BCUT2D eigenvalue weighted by Gasteiger charge is -2.30. The first kappa shape index (κ1) is 20.9. The van der Waals surface area contributed by atoms with Crippen LogP contribution in [-0.4, -0.2) is 43.2 Å². The van der Waals surface area contributed by atoms with Crippen LogP contribution in [0.4, 0.5) is 11.4 Å². The minimum atomic E-state index is 0.0280. The zero-order valence-corrected chi connectivity index (χ0v) is 18.3. The highest BCUT2D eigenvalue weighted by molar-refractivity contribution is 8.00. The summed E-state index contributed by atoms with van der Waals surface area (Å²) in [5.74, 6) is 0.318. The van der Waals surface area contributed by atoms with Gasteiger partial charge >= 0.3 is 0 Å². The summed E-state index contributed by atoms with van der Waals surface area (Å²) in [7, 11) is 0. The summed E-state index contributed by atoms with van der Waals surface area (Å²) >= 11 is 1.86. The first-order chi connectivity index (χ1) is 14.6. The third-order valence-corrected chi connectivity index (χ3v) is 7.29. The van der Waals surface area contributed by atoms with E-state index in [1.54, 1.807) is 0 Å². The number of carbonyl (C=O) groups excluding carboxylic acids is 2. The molecule has 0 bridgehead atoms. The van der Waals surface area contributed by atoms with Crippen molar-refractivity contribution in [3.05, 3.63) is 54.6 Å². The molecule has 2 amide bonds. The summed E-state index contributed by atoms with van der Waals surface area (Å²) in [6, 6.07) is 17.9. The van der Waals surface area contributed by atoms with Crippen molar-refractivity contribution >= 4 is 35.0 Å². The smallest absolute Gasteiger partial charge is 0.282 e. The fraction of sp³-hybridized carbons (Fsp3) is 0.417. The van der Waals surface area contributed by atoms with Crippen molar-refractivity contribution in [3.63, 3.8) is 0 Å². The number of hydrogen-bond acceptors (Lipinski definition) is 3. The van der Waals surface area contributed by atoms with E-state index in [-0.39, 0.29) is 17.7 Å². The summed E-state index contributed by atoms with van der Waals surface area (Å²) in [6.45, 7) is 5.23. The molecule has 2 heterocycles. The maximum atomic E-state index is 13.2. The molecule has 0 aromatic heterocycles. The van der Waals surface area contributed by atoms with Gasteiger partial charge in [-0.2, -0.15) is 0 Å². The Labute approximate surface area is 182 Å². The molecule has 6 heteroatoms. The lowest BCUT2D eigenvalue weighted by Crippen LogP contribution is -3.14. The molecular formula is C24H30N3O2S+. The molecule has 0 spiro atoms. The molecule has 2 aliphatic rings. The van der Waals surface area contributed by atoms with Crippen molar-refractivity contribution in [2.24, 2.45) is 5.92 Å². The number of quaternary nitrogens is 1. The second-order valence-electron chi connectivity index (χ2n) is 8.29. The maximum Gasteiger partial charge on any atom is 0.282 e. The number of fused-ring (bicyclic) bond motifs is 1. The number of likely N-dealkylation sites (tertiary alicyclic amines) is 1. The van der Waals surface area contributed by atoms with Crippen molar-refractivity contribution < 1.29 is 14.5 Å². The molecule has 0 radical (unpaired) electrons. The molecule has 2 aromatic carbocycles. The predicted molar refractivity (Wildman–Crippen MR) is 122 cm³/mol. The van der Waals surface area contributed by atoms with Crippen molar-refractivity contribution in [2.75, 3.05) is 36.4 Å². The standard InChI is InChI=1S/C24H29N3O2S/c1-18-11-16-27(21-9-5-6-10-22(21)30-18)23(28)17-26-14-12-19(13-15-26)24(29)25-20-7-3-2-4-8-20/h2-10,18-19H,11-17H2,1H3,(H,25,29)/p+1/t18-/m1/s1. The molecule has 2 N–H and O–H groups in total. The van der Waals surface area contributed by atoms with Gasteiger partial charge in [0.2, 0.25) is 5.91 Å². The van der Waals surface area contributed by atoms with E-state index in [0.717, 1.165) is 50.3 Å². The van der Waals surface area contributed by atoms with Crippen LogP contribution in [0.5, 0.6) is 0 Å². The lowest BCUT2D eigenvalue weighted by molar-refractivity contribution is -0.897. The SMILES string of the molecule is C[C@@H]1CCN(C(=O)C[NH+]2CCC(C(=O)Nc3ccccc3)CC2)c2ccccc2S1. The maximum absolute atomic E-state index is 13.2. The van der Waals surface area contributed by atoms with Gasteiger partial charge in [-0.3, -0.25) is 9.59 Å². The molecule has 0 saturated carbocycles. The monoisotopic (exact) mass is 424 g/mol. The molecule has 4 rings (SSSR count).